The van der Waals surface area contributed by atoms with E-state index < -0.39 is 0 Å². The van der Waals surface area contributed by atoms with Crippen LogP contribution in [0.1, 0.15) is 30.1 Å². The number of halogens is 1. The first kappa shape index (κ1) is 16.3. The molecule has 1 aromatic carbocycles. The highest BCUT2D eigenvalue weighted by molar-refractivity contribution is 6.30. The number of nitrogens with one attached hydrogen (secondary N) is 1. The van der Waals surface area contributed by atoms with Crippen LogP contribution in [-0.4, -0.2) is 44.3 Å². The summed E-state index contributed by atoms with van der Waals surface area (Å²) in [7, 11) is 0. The Labute approximate surface area is 151 Å². The van der Waals surface area contributed by atoms with E-state index in [1.54, 1.807) is 10.8 Å². The Kier molecular flexibility index (Phi) is 4.55. The molecule has 25 heavy (non-hydrogen) atoms. The fourth-order valence-electron chi connectivity index (χ4n) is 3.49. The summed E-state index contributed by atoms with van der Waals surface area (Å²) in [6.45, 7) is 5.03. The summed E-state index contributed by atoms with van der Waals surface area (Å²) >= 11 is 6.07. The first-order valence-corrected chi connectivity index (χ1v) is 8.99. The van der Waals surface area contributed by atoms with Crippen molar-refractivity contribution in [2.45, 2.75) is 25.8 Å². The molecule has 0 saturated carbocycles. The van der Waals surface area contributed by atoms with Gasteiger partial charge < -0.3 is 5.32 Å². The van der Waals surface area contributed by atoms with Crippen LogP contribution in [0.5, 0.6) is 0 Å². The van der Waals surface area contributed by atoms with Crippen molar-refractivity contribution in [2.75, 3.05) is 25.0 Å². The van der Waals surface area contributed by atoms with Gasteiger partial charge in [0.2, 0.25) is 5.65 Å². The molecule has 6 nitrogen and oxygen atoms in total. The highest BCUT2D eigenvalue weighted by atomic mass is 35.5. The number of hydrogen-bond donors (Lipinski definition) is 1. The number of anilines is 1. The first-order chi connectivity index (χ1) is 12.2. The Morgan fingerprint density at radius 2 is 1.96 bits per heavy atom. The molecule has 0 amide bonds. The maximum absolute atomic E-state index is 6.07. The number of rotatable bonds is 5. The van der Waals surface area contributed by atoms with E-state index >= 15 is 0 Å². The van der Waals surface area contributed by atoms with Crippen molar-refractivity contribution >= 4 is 22.9 Å². The summed E-state index contributed by atoms with van der Waals surface area (Å²) in [5.41, 5.74) is 3.92. The zero-order valence-electron chi connectivity index (χ0n) is 14.2. The molecule has 3 heterocycles. The van der Waals surface area contributed by atoms with Crippen LogP contribution in [-0.2, 0) is 0 Å². The van der Waals surface area contributed by atoms with Gasteiger partial charge in [0, 0.05) is 11.6 Å². The Morgan fingerprint density at radius 3 is 2.72 bits per heavy atom. The minimum Gasteiger partial charge on any atom is -0.380 e. The molecule has 0 spiro atoms. The Morgan fingerprint density at radius 1 is 1.20 bits per heavy atom. The summed E-state index contributed by atoms with van der Waals surface area (Å²) in [5.74, 6) is 0. The third-order valence-electron chi connectivity index (χ3n) is 4.71. The first-order valence-electron chi connectivity index (χ1n) is 8.62. The van der Waals surface area contributed by atoms with Gasteiger partial charge in [-0.3, -0.25) is 4.90 Å². The monoisotopic (exact) mass is 356 g/mol. The largest absolute Gasteiger partial charge is 0.380 e. The van der Waals surface area contributed by atoms with E-state index in [1.807, 2.05) is 25.1 Å². The molecule has 1 unspecified atom stereocenters. The van der Waals surface area contributed by atoms with Crippen LogP contribution in [0.3, 0.4) is 0 Å². The molecule has 2 aromatic heterocycles. The third kappa shape index (κ3) is 3.45. The van der Waals surface area contributed by atoms with Crippen LogP contribution in [0, 0.1) is 6.92 Å². The number of benzene rings is 1. The van der Waals surface area contributed by atoms with Crippen molar-refractivity contribution in [3.05, 3.63) is 52.9 Å². The zero-order chi connectivity index (χ0) is 17.2. The van der Waals surface area contributed by atoms with E-state index in [9.17, 15) is 0 Å². The number of hydrogen-bond acceptors (Lipinski definition) is 5. The van der Waals surface area contributed by atoms with Crippen LogP contribution in [0.2, 0.25) is 5.02 Å². The van der Waals surface area contributed by atoms with E-state index in [0.717, 1.165) is 41.7 Å². The van der Waals surface area contributed by atoms with Crippen molar-refractivity contribution in [1.29, 1.82) is 0 Å². The van der Waals surface area contributed by atoms with E-state index in [2.05, 4.69) is 37.6 Å². The molecule has 0 bridgehead atoms. The van der Waals surface area contributed by atoms with E-state index in [0.29, 0.717) is 6.04 Å². The lowest BCUT2D eigenvalue weighted by Crippen LogP contribution is -2.31. The van der Waals surface area contributed by atoms with Gasteiger partial charge in [-0.15, -0.1) is 10.2 Å². The van der Waals surface area contributed by atoms with Gasteiger partial charge in [0.05, 0.1) is 17.4 Å². The molecule has 4 rings (SSSR count). The highest BCUT2D eigenvalue weighted by Gasteiger charge is 2.23. The smallest absolute Gasteiger partial charge is 0.200 e. The number of aryl methyl sites for hydroxylation is 1. The Balaban J connectivity index is 1.59. The predicted octanol–water partition coefficient (Wildman–Crippen LogP) is 3.34. The second-order valence-electron chi connectivity index (χ2n) is 6.49. The van der Waals surface area contributed by atoms with Crippen LogP contribution in [0.15, 0.2) is 36.7 Å². The molecule has 1 atom stereocenters. The summed E-state index contributed by atoms with van der Waals surface area (Å²) in [5, 5.41) is 16.9. The topological polar surface area (TPSA) is 58.3 Å². The van der Waals surface area contributed by atoms with Gasteiger partial charge in [-0.25, -0.2) is 0 Å². The van der Waals surface area contributed by atoms with E-state index in [-0.39, 0.29) is 0 Å². The summed E-state index contributed by atoms with van der Waals surface area (Å²) < 4.78 is 1.71. The molecule has 7 heteroatoms. The fraction of sp³-hybridized carbons (Fsp3) is 0.389. The average molecular weight is 357 g/mol. The zero-order valence-corrected chi connectivity index (χ0v) is 14.9. The number of nitrogens with zero attached hydrogens (tertiary/aromatic N) is 5. The van der Waals surface area contributed by atoms with Gasteiger partial charge in [-0.2, -0.15) is 9.61 Å². The average Bonchev–Trinajstić information content (AvgIpc) is 3.28. The molecule has 130 valence electrons. The summed E-state index contributed by atoms with van der Waals surface area (Å²) in [6.07, 6.45) is 4.14. The lowest BCUT2D eigenvalue weighted by molar-refractivity contribution is 0.256. The number of aromatic nitrogens is 4. The second-order valence-corrected chi connectivity index (χ2v) is 6.93. The SMILES string of the molecule is Cc1cc(NCC(c2ccc(Cl)cc2)N2CCCC2)c2nncn2n1. The van der Waals surface area contributed by atoms with Crippen molar-refractivity contribution in [3.8, 4) is 0 Å². The lowest BCUT2D eigenvalue weighted by Gasteiger charge is -2.28. The molecular formula is C18H21ClN6. The minimum atomic E-state index is 0.302. The number of likely N-dealkylation sites (tertiary alicyclic amines) is 1. The van der Waals surface area contributed by atoms with Gasteiger partial charge in [0.25, 0.3) is 0 Å². The molecule has 1 aliphatic heterocycles. The molecule has 0 radical (unpaired) electrons. The molecular weight excluding hydrogens is 336 g/mol. The maximum Gasteiger partial charge on any atom is 0.200 e. The van der Waals surface area contributed by atoms with E-state index in [4.69, 9.17) is 11.6 Å². The van der Waals surface area contributed by atoms with Crippen LogP contribution in [0.4, 0.5) is 5.69 Å². The van der Waals surface area contributed by atoms with Crippen LogP contribution < -0.4 is 5.32 Å². The van der Waals surface area contributed by atoms with Gasteiger partial charge in [-0.05, 0) is 56.6 Å². The lowest BCUT2D eigenvalue weighted by atomic mass is 10.1. The predicted molar refractivity (Wildman–Crippen MR) is 99.0 cm³/mol. The molecule has 3 aromatic rings. The van der Waals surface area contributed by atoms with Crippen LogP contribution >= 0.6 is 11.6 Å². The standard InChI is InChI=1S/C18H21ClN6/c1-13-10-16(18-22-21-12-25(18)23-13)20-11-17(24-8-2-3-9-24)14-4-6-15(19)7-5-14/h4-7,10,12,17,20H,2-3,8-9,11H2,1H3. The number of fused-ring (bicyclic) bond motifs is 1. The van der Waals surface area contributed by atoms with Crippen molar-refractivity contribution in [2.24, 2.45) is 0 Å². The highest BCUT2D eigenvalue weighted by Crippen LogP contribution is 2.27. The molecule has 1 fully saturated rings. The molecule has 1 N–H and O–H groups in total. The van der Waals surface area contributed by atoms with Crippen molar-refractivity contribution < 1.29 is 0 Å². The maximum atomic E-state index is 6.07. The van der Waals surface area contributed by atoms with Crippen molar-refractivity contribution in [3.63, 3.8) is 0 Å². The summed E-state index contributed by atoms with van der Waals surface area (Å²) in [4.78, 5) is 2.53. The second kappa shape index (κ2) is 6.98. The normalized spacial score (nSPS) is 16.4. The van der Waals surface area contributed by atoms with Gasteiger partial charge in [-0.1, -0.05) is 23.7 Å². The quantitative estimate of drug-likeness (QED) is 0.759. The van der Waals surface area contributed by atoms with Gasteiger partial charge in [0.1, 0.15) is 6.33 Å². The van der Waals surface area contributed by atoms with E-state index in [1.165, 1.54) is 18.4 Å². The molecule has 1 saturated heterocycles. The molecule has 1 aliphatic rings. The third-order valence-corrected chi connectivity index (χ3v) is 4.96. The van der Waals surface area contributed by atoms with Crippen molar-refractivity contribution in [1.82, 2.24) is 24.7 Å². The fourth-order valence-corrected chi connectivity index (χ4v) is 3.61. The Hall–Kier alpha value is -2.18. The van der Waals surface area contributed by atoms with Gasteiger partial charge in [0.15, 0.2) is 0 Å². The minimum absolute atomic E-state index is 0.302. The molecule has 0 aliphatic carbocycles. The van der Waals surface area contributed by atoms with Gasteiger partial charge >= 0.3 is 0 Å². The summed E-state index contributed by atoms with van der Waals surface area (Å²) in [6, 6.07) is 10.5. The van der Waals surface area contributed by atoms with Crippen LogP contribution in [0.25, 0.3) is 5.65 Å². The Bertz CT molecular complexity index is 854.